The van der Waals surface area contributed by atoms with Crippen LogP contribution in [0.3, 0.4) is 0 Å². The number of hydrogen-bond donors (Lipinski definition) is 1. The number of carboxylic acids is 1. The van der Waals surface area contributed by atoms with Crippen LogP contribution in [0.25, 0.3) is 6.08 Å². The van der Waals surface area contributed by atoms with Crippen molar-refractivity contribution in [3.63, 3.8) is 0 Å². The second-order valence-electron chi connectivity index (χ2n) is 4.00. The summed E-state index contributed by atoms with van der Waals surface area (Å²) in [5.74, 6) is -1.12. The summed E-state index contributed by atoms with van der Waals surface area (Å²) >= 11 is 0. The molecule has 0 atom stereocenters. The summed E-state index contributed by atoms with van der Waals surface area (Å²) in [5, 5.41) is 8.57. The monoisotopic (exact) mass is 310 g/mol. The van der Waals surface area contributed by atoms with Gasteiger partial charge in [-0.05, 0) is 35.9 Å². The van der Waals surface area contributed by atoms with Crippen LogP contribution in [0.2, 0.25) is 0 Å². The number of carboxylic acid groups (broad SMARTS) is 1. The maximum absolute atomic E-state index is 11.9. The Labute approximate surface area is 155 Å². The molecule has 2 aromatic rings. The number of carbonyl (C=O) groups excluding carboxylic acids is 1. The zero-order chi connectivity index (χ0) is 14.4. The molecule has 104 valence electrons. The largest absolute Gasteiger partial charge is 2.00 e. The standard InChI is InChI=1S/C16H12O4.Ca.2H/c17-15(18)10-9-12-5-4-8-14(11-12)20-16(19)13-6-2-1-3-7-13;;;/h1-11H,(H,17,18);;;/q;+2;2*-1/b10-9+;;;. The fourth-order valence-electron chi connectivity index (χ4n) is 1.59. The molecule has 4 nitrogen and oxygen atoms in total. The van der Waals surface area contributed by atoms with Gasteiger partial charge in [-0.3, -0.25) is 0 Å². The Morgan fingerprint density at radius 2 is 1.76 bits per heavy atom. The smallest absolute Gasteiger partial charge is 1.00 e. The average molecular weight is 310 g/mol. The van der Waals surface area contributed by atoms with Crippen molar-refractivity contribution < 1.29 is 22.3 Å². The van der Waals surface area contributed by atoms with E-state index in [1.54, 1.807) is 48.5 Å². The van der Waals surface area contributed by atoms with E-state index in [9.17, 15) is 9.59 Å². The Kier molecular flexibility index (Phi) is 7.15. The number of ether oxygens (including phenoxy) is 1. The zero-order valence-electron chi connectivity index (χ0n) is 13.2. The predicted octanol–water partition coefficient (Wildman–Crippen LogP) is 2.85. The van der Waals surface area contributed by atoms with Gasteiger partial charge in [-0.15, -0.1) is 0 Å². The fraction of sp³-hybridized carbons (Fsp3) is 0. The molecule has 2 aromatic carbocycles. The van der Waals surface area contributed by atoms with Gasteiger partial charge in [-0.25, -0.2) is 9.59 Å². The van der Waals surface area contributed by atoms with Crippen LogP contribution < -0.4 is 4.74 Å². The van der Waals surface area contributed by atoms with Crippen molar-refractivity contribution in [2.45, 2.75) is 0 Å². The molecule has 21 heavy (non-hydrogen) atoms. The molecule has 0 bridgehead atoms. The summed E-state index contributed by atoms with van der Waals surface area (Å²) in [6.07, 6.45) is 2.46. The summed E-state index contributed by atoms with van der Waals surface area (Å²) in [6.45, 7) is 0. The van der Waals surface area contributed by atoms with Crippen molar-refractivity contribution in [3.8, 4) is 5.75 Å². The summed E-state index contributed by atoms with van der Waals surface area (Å²) in [7, 11) is 0. The van der Waals surface area contributed by atoms with Crippen LogP contribution in [0, 0.1) is 0 Å². The average Bonchev–Trinajstić information content (AvgIpc) is 2.46. The molecule has 0 aliphatic carbocycles. The molecule has 0 aromatic heterocycles. The quantitative estimate of drug-likeness (QED) is 0.408. The number of benzene rings is 2. The maximum Gasteiger partial charge on any atom is 2.00 e. The van der Waals surface area contributed by atoms with Crippen molar-refractivity contribution in [2.75, 3.05) is 0 Å². The van der Waals surface area contributed by atoms with Crippen molar-refractivity contribution in [2.24, 2.45) is 0 Å². The predicted molar refractivity (Wildman–Crippen MR) is 82.5 cm³/mol. The summed E-state index contributed by atoms with van der Waals surface area (Å²) in [5.41, 5.74) is 1.10. The molecule has 0 aliphatic heterocycles. The second kappa shape index (κ2) is 8.62. The third kappa shape index (κ3) is 5.71. The van der Waals surface area contributed by atoms with Gasteiger partial charge in [-0.2, -0.15) is 0 Å². The molecule has 0 saturated carbocycles. The van der Waals surface area contributed by atoms with Crippen molar-refractivity contribution in [1.29, 1.82) is 0 Å². The fourth-order valence-corrected chi connectivity index (χ4v) is 1.59. The van der Waals surface area contributed by atoms with E-state index >= 15 is 0 Å². The molecule has 1 N–H and O–H groups in total. The first-order valence-corrected chi connectivity index (χ1v) is 5.93. The van der Waals surface area contributed by atoms with Gasteiger partial charge >= 0.3 is 49.7 Å². The molecule has 5 heteroatoms. The second-order valence-corrected chi connectivity index (χ2v) is 4.00. The van der Waals surface area contributed by atoms with E-state index in [1.807, 2.05) is 6.07 Å². The normalized spacial score (nSPS) is 9.90. The van der Waals surface area contributed by atoms with Gasteiger partial charge in [-0.1, -0.05) is 30.3 Å². The third-order valence-corrected chi connectivity index (χ3v) is 2.50. The molecule has 0 aliphatic rings. The van der Waals surface area contributed by atoms with E-state index in [1.165, 1.54) is 6.08 Å². The van der Waals surface area contributed by atoms with Gasteiger partial charge in [0.1, 0.15) is 5.75 Å². The molecule has 0 fully saturated rings. The summed E-state index contributed by atoms with van der Waals surface area (Å²) < 4.78 is 5.23. The van der Waals surface area contributed by atoms with Crippen molar-refractivity contribution >= 4 is 55.8 Å². The molecule has 0 spiro atoms. The van der Waals surface area contributed by atoms with Crippen LogP contribution in [0.1, 0.15) is 18.8 Å². The van der Waals surface area contributed by atoms with Crippen LogP contribution in [0.4, 0.5) is 0 Å². The Balaban J connectivity index is 0. The van der Waals surface area contributed by atoms with Gasteiger partial charge in [0.05, 0.1) is 5.56 Å². The van der Waals surface area contributed by atoms with Crippen LogP contribution in [0.5, 0.6) is 5.75 Å². The van der Waals surface area contributed by atoms with E-state index in [0.717, 1.165) is 6.08 Å². The topological polar surface area (TPSA) is 63.6 Å². The van der Waals surface area contributed by atoms with E-state index in [0.29, 0.717) is 16.9 Å². The minimum Gasteiger partial charge on any atom is -1.00 e. The number of hydrogen-bond acceptors (Lipinski definition) is 3. The molecular weight excluding hydrogens is 296 g/mol. The van der Waals surface area contributed by atoms with Crippen LogP contribution in [0.15, 0.2) is 60.7 Å². The van der Waals surface area contributed by atoms with E-state index in [-0.39, 0.29) is 40.6 Å². The van der Waals surface area contributed by atoms with Gasteiger partial charge < -0.3 is 12.7 Å². The molecular formula is C16H14CaO4. The molecule has 0 saturated heterocycles. The summed E-state index contributed by atoms with van der Waals surface area (Å²) in [4.78, 5) is 22.3. The first-order valence-electron chi connectivity index (χ1n) is 5.93. The number of aliphatic carboxylic acids is 1. The van der Waals surface area contributed by atoms with Crippen LogP contribution >= 0.6 is 0 Å². The van der Waals surface area contributed by atoms with E-state index in [4.69, 9.17) is 9.84 Å². The van der Waals surface area contributed by atoms with Gasteiger partial charge in [0.2, 0.25) is 0 Å². The number of carbonyl (C=O) groups is 2. The Bertz CT molecular complexity index is 660. The third-order valence-electron chi connectivity index (χ3n) is 2.50. The maximum atomic E-state index is 11.9. The molecule has 0 heterocycles. The first kappa shape index (κ1) is 17.4. The van der Waals surface area contributed by atoms with Gasteiger partial charge in [0, 0.05) is 6.08 Å². The van der Waals surface area contributed by atoms with E-state index < -0.39 is 11.9 Å². The SMILES string of the molecule is O=C(O)/C=C/c1cccc(OC(=O)c2ccccc2)c1.[Ca+2].[H-].[H-]. The minimum absolute atomic E-state index is 0. The van der Waals surface area contributed by atoms with Gasteiger partial charge in [0.25, 0.3) is 0 Å². The van der Waals surface area contributed by atoms with Crippen molar-refractivity contribution in [1.82, 2.24) is 0 Å². The Hall–Kier alpha value is -1.62. The summed E-state index contributed by atoms with van der Waals surface area (Å²) in [6, 6.07) is 15.3. The number of esters is 1. The minimum atomic E-state index is -1.03. The molecule has 0 amide bonds. The molecule has 0 unspecified atom stereocenters. The Morgan fingerprint density at radius 3 is 2.43 bits per heavy atom. The first-order chi connectivity index (χ1) is 9.65. The van der Waals surface area contributed by atoms with Crippen molar-refractivity contribution in [3.05, 3.63) is 71.8 Å². The van der Waals surface area contributed by atoms with E-state index in [2.05, 4.69) is 0 Å². The van der Waals surface area contributed by atoms with Crippen LogP contribution in [-0.2, 0) is 4.79 Å². The molecule has 0 radical (unpaired) electrons. The zero-order valence-corrected chi connectivity index (χ0v) is 13.4. The van der Waals surface area contributed by atoms with Crippen LogP contribution in [-0.4, -0.2) is 54.8 Å². The number of rotatable bonds is 4. The molecule has 2 rings (SSSR count). The Morgan fingerprint density at radius 1 is 1.05 bits per heavy atom. The van der Waals surface area contributed by atoms with Gasteiger partial charge in [0.15, 0.2) is 0 Å².